The number of pyridine rings is 1. The van der Waals surface area contributed by atoms with Crippen molar-refractivity contribution in [2.45, 2.75) is 25.4 Å². The largest absolute Gasteiger partial charge is 0.457 e. The van der Waals surface area contributed by atoms with E-state index in [-0.39, 0.29) is 5.91 Å². The van der Waals surface area contributed by atoms with Gasteiger partial charge in [-0.2, -0.15) is 0 Å². The zero-order chi connectivity index (χ0) is 23.3. The number of piperidine rings is 1. The monoisotopic (exact) mass is 455 g/mol. The van der Waals surface area contributed by atoms with E-state index in [0.717, 1.165) is 49.2 Å². The number of anilines is 1. The van der Waals surface area contributed by atoms with Gasteiger partial charge in [-0.15, -0.1) is 0 Å². The van der Waals surface area contributed by atoms with Crippen LogP contribution in [0.4, 0.5) is 5.82 Å². The van der Waals surface area contributed by atoms with Crippen molar-refractivity contribution >= 4 is 22.6 Å². The summed E-state index contributed by atoms with van der Waals surface area (Å²) in [6, 6.07) is 22.6. The van der Waals surface area contributed by atoms with Crippen molar-refractivity contribution in [3.8, 4) is 11.5 Å². The fourth-order valence-electron chi connectivity index (χ4n) is 4.41. The molecule has 1 saturated heterocycles. The second-order valence-electron chi connectivity index (χ2n) is 8.67. The van der Waals surface area contributed by atoms with Crippen LogP contribution in [-0.4, -0.2) is 47.0 Å². The number of aromatic nitrogens is 2. The molecule has 1 fully saturated rings. The van der Waals surface area contributed by atoms with Crippen LogP contribution in [0.5, 0.6) is 11.5 Å². The van der Waals surface area contributed by atoms with Gasteiger partial charge in [0.1, 0.15) is 23.0 Å². The number of benzene rings is 2. The minimum atomic E-state index is -0.244. The Bertz CT molecular complexity index is 1260. The van der Waals surface area contributed by atoms with E-state index in [2.05, 4.69) is 61.9 Å². The quantitative estimate of drug-likeness (QED) is 0.373. The van der Waals surface area contributed by atoms with Gasteiger partial charge in [0.25, 0.3) is 5.91 Å². The minimum Gasteiger partial charge on any atom is -0.457 e. The number of likely N-dealkylation sites (tertiary alicyclic amines) is 1. The van der Waals surface area contributed by atoms with Crippen LogP contribution in [0.3, 0.4) is 0 Å². The van der Waals surface area contributed by atoms with E-state index in [4.69, 9.17) is 4.74 Å². The number of nitrogens with zero attached hydrogens (tertiary/aromatic N) is 2. The van der Waals surface area contributed by atoms with E-state index in [9.17, 15) is 4.79 Å². The summed E-state index contributed by atoms with van der Waals surface area (Å²) < 4.78 is 5.98. The first kappa shape index (κ1) is 22.0. The summed E-state index contributed by atoms with van der Waals surface area (Å²) >= 11 is 0. The first-order chi connectivity index (χ1) is 16.7. The molecular formula is C27H29N5O2. The summed E-state index contributed by atoms with van der Waals surface area (Å²) in [7, 11) is 1.58. The molecule has 0 aliphatic carbocycles. The Balaban J connectivity index is 1.19. The molecule has 1 aliphatic heterocycles. The zero-order valence-corrected chi connectivity index (χ0v) is 19.3. The highest BCUT2D eigenvalue weighted by Gasteiger charge is 2.19. The maximum Gasteiger partial charge on any atom is 0.269 e. The zero-order valence-electron chi connectivity index (χ0n) is 19.3. The molecular weight excluding hydrogens is 426 g/mol. The Morgan fingerprint density at radius 2 is 1.85 bits per heavy atom. The van der Waals surface area contributed by atoms with Crippen molar-refractivity contribution in [3.05, 3.63) is 84.2 Å². The highest BCUT2D eigenvalue weighted by Crippen LogP contribution is 2.28. The van der Waals surface area contributed by atoms with Gasteiger partial charge in [-0.1, -0.05) is 30.3 Å². The number of fused-ring (bicyclic) bond motifs is 1. The molecule has 3 heterocycles. The first-order valence-electron chi connectivity index (χ1n) is 11.7. The number of nitrogens with one attached hydrogen (secondary N) is 3. The first-order valence-corrected chi connectivity index (χ1v) is 11.7. The van der Waals surface area contributed by atoms with E-state index >= 15 is 0 Å². The van der Waals surface area contributed by atoms with Crippen LogP contribution in [0.15, 0.2) is 72.9 Å². The van der Waals surface area contributed by atoms with Crippen LogP contribution in [0.2, 0.25) is 0 Å². The maximum absolute atomic E-state index is 11.8. The van der Waals surface area contributed by atoms with Crippen molar-refractivity contribution in [1.82, 2.24) is 20.2 Å². The lowest BCUT2D eigenvalue weighted by atomic mass is 10.0. The molecule has 34 heavy (non-hydrogen) atoms. The standard InChI is InChI=1S/C27H29N5O2/c1-28-27(33)25-17-23(9-12-29-25)34-22-8-7-20-15-26(31-24(20)16-22)30-21-10-13-32(14-11-21)18-19-5-3-2-4-6-19/h2-9,12,15-17,21,30-31H,10-11,13-14,18H2,1H3,(H,28,33). The van der Waals surface area contributed by atoms with E-state index in [1.165, 1.54) is 5.56 Å². The number of aromatic amines is 1. The predicted molar refractivity (Wildman–Crippen MR) is 134 cm³/mol. The van der Waals surface area contributed by atoms with Gasteiger partial charge in [-0.05, 0) is 42.7 Å². The Hall–Kier alpha value is -3.84. The van der Waals surface area contributed by atoms with Crippen LogP contribution < -0.4 is 15.4 Å². The number of H-pyrrole nitrogens is 1. The van der Waals surface area contributed by atoms with E-state index in [1.807, 2.05) is 18.2 Å². The summed E-state index contributed by atoms with van der Waals surface area (Å²) in [6.07, 6.45) is 3.80. The van der Waals surface area contributed by atoms with Crippen molar-refractivity contribution in [3.63, 3.8) is 0 Å². The lowest BCUT2D eigenvalue weighted by Crippen LogP contribution is -2.38. The van der Waals surface area contributed by atoms with Crippen LogP contribution in [-0.2, 0) is 6.54 Å². The number of hydrogen-bond donors (Lipinski definition) is 3. The van der Waals surface area contributed by atoms with Gasteiger partial charge in [-0.3, -0.25) is 14.7 Å². The van der Waals surface area contributed by atoms with Gasteiger partial charge in [0, 0.05) is 56.4 Å². The van der Waals surface area contributed by atoms with Gasteiger partial charge >= 0.3 is 0 Å². The summed E-state index contributed by atoms with van der Waals surface area (Å²) in [6.45, 7) is 3.20. The molecule has 5 rings (SSSR count). The summed E-state index contributed by atoms with van der Waals surface area (Å²) in [5.41, 5.74) is 2.70. The SMILES string of the molecule is CNC(=O)c1cc(Oc2ccc3cc(NC4CCN(Cc5ccccc5)CC4)[nH]c3c2)ccn1. The molecule has 4 aromatic rings. The molecule has 174 valence electrons. The van der Waals surface area contributed by atoms with Crippen molar-refractivity contribution in [2.24, 2.45) is 0 Å². The molecule has 1 amide bonds. The highest BCUT2D eigenvalue weighted by molar-refractivity contribution is 5.92. The lowest BCUT2D eigenvalue weighted by Gasteiger charge is -2.32. The van der Waals surface area contributed by atoms with Crippen LogP contribution in [0, 0.1) is 0 Å². The molecule has 1 aliphatic rings. The molecule has 0 bridgehead atoms. The van der Waals surface area contributed by atoms with E-state index in [0.29, 0.717) is 23.2 Å². The topological polar surface area (TPSA) is 82.3 Å². The normalized spacial score (nSPS) is 14.7. The van der Waals surface area contributed by atoms with Crippen LogP contribution in [0.25, 0.3) is 10.9 Å². The Labute approximate surface area is 199 Å². The molecule has 2 aromatic carbocycles. The third-order valence-electron chi connectivity index (χ3n) is 6.22. The number of carbonyl (C=O) groups is 1. The Kier molecular flexibility index (Phi) is 6.44. The Morgan fingerprint density at radius 3 is 2.65 bits per heavy atom. The van der Waals surface area contributed by atoms with Crippen LogP contribution >= 0.6 is 0 Å². The summed E-state index contributed by atoms with van der Waals surface area (Å²) in [4.78, 5) is 21.9. The summed E-state index contributed by atoms with van der Waals surface area (Å²) in [5, 5.41) is 7.37. The maximum atomic E-state index is 11.8. The second kappa shape index (κ2) is 9.97. The smallest absolute Gasteiger partial charge is 0.269 e. The average Bonchev–Trinajstić information content (AvgIpc) is 3.27. The van der Waals surface area contributed by atoms with Gasteiger partial charge in [0.15, 0.2) is 0 Å². The number of ether oxygens (including phenoxy) is 1. The van der Waals surface area contributed by atoms with Crippen molar-refractivity contribution in [1.29, 1.82) is 0 Å². The summed E-state index contributed by atoms with van der Waals surface area (Å²) in [5.74, 6) is 2.05. The molecule has 2 aromatic heterocycles. The fraction of sp³-hybridized carbons (Fsp3) is 0.259. The van der Waals surface area contributed by atoms with E-state index < -0.39 is 0 Å². The molecule has 7 nitrogen and oxygen atoms in total. The van der Waals surface area contributed by atoms with Crippen LogP contribution in [0.1, 0.15) is 28.9 Å². The molecule has 0 saturated carbocycles. The minimum absolute atomic E-state index is 0.244. The number of carbonyl (C=O) groups excluding carboxylic acids is 1. The average molecular weight is 456 g/mol. The van der Waals surface area contributed by atoms with E-state index in [1.54, 1.807) is 25.4 Å². The van der Waals surface area contributed by atoms with Crippen molar-refractivity contribution in [2.75, 3.05) is 25.5 Å². The highest BCUT2D eigenvalue weighted by atomic mass is 16.5. The van der Waals surface area contributed by atoms with Gasteiger partial charge in [0.2, 0.25) is 0 Å². The molecule has 0 radical (unpaired) electrons. The molecule has 0 atom stereocenters. The van der Waals surface area contributed by atoms with Crippen molar-refractivity contribution < 1.29 is 9.53 Å². The Morgan fingerprint density at radius 1 is 1.06 bits per heavy atom. The number of hydrogen-bond acceptors (Lipinski definition) is 5. The molecule has 0 unspecified atom stereocenters. The third kappa shape index (κ3) is 5.21. The molecule has 7 heteroatoms. The van der Waals surface area contributed by atoms with Gasteiger partial charge in [-0.25, -0.2) is 0 Å². The lowest BCUT2D eigenvalue weighted by molar-refractivity contribution is 0.0958. The number of rotatable bonds is 7. The second-order valence-corrected chi connectivity index (χ2v) is 8.67. The third-order valence-corrected chi connectivity index (χ3v) is 6.22. The molecule has 0 spiro atoms. The fourth-order valence-corrected chi connectivity index (χ4v) is 4.41. The number of amides is 1. The predicted octanol–water partition coefficient (Wildman–Crippen LogP) is 4.79. The van der Waals surface area contributed by atoms with Gasteiger partial charge in [0.05, 0.1) is 5.52 Å². The van der Waals surface area contributed by atoms with Gasteiger partial charge < -0.3 is 20.4 Å². The molecule has 3 N–H and O–H groups in total.